The van der Waals surface area contributed by atoms with Crippen LogP contribution in [-0.2, 0) is 14.8 Å². The Labute approximate surface area is 141 Å². The van der Waals surface area contributed by atoms with E-state index in [1.165, 1.54) is 0 Å². The molecule has 7 heteroatoms. The van der Waals surface area contributed by atoms with Gasteiger partial charge >= 0.3 is 0 Å². The van der Waals surface area contributed by atoms with Crippen LogP contribution >= 0.6 is 11.8 Å². The predicted molar refractivity (Wildman–Crippen MR) is 92.2 cm³/mol. The molecule has 0 saturated carbocycles. The highest BCUT2D eigenvalue weighted by Gasteiger charge is 2.27. The number of fused-ring (bicyclic) bond motifs is 1. The molecule has 1 amide bonds. The van der Waals surface area contributed by atoms with Crippen molar-refractivity contribution in [2.24, 2.45) is 5.92 Å². The summed E-state index contributed by atoms with van der Waals surface area (Å²) < 4.78 is 27.3. The van der Waals surface area contributed by atoms with Gasteiger partial charge < -0.3 is 5.32 Å². The zero-order chi connectivity index (χ0) is 16.4. The smallest absolute Gasteiger partial charge is 0.243 e. The molecule has 2 heterocycles. The fourth-order valence-electron chi connectivity index (χ4n) is 2.87. The molecule has 1 fully saturated rings. The third-order valence-electron chi connectivity index (χ3n) is 4.35. The average Bonchev–Trinajstić information content (AvgIpc) is 2.88. The largest absolute Gasteiger partial charge is 0.325 e. The molecular weight excluding hydrogens is 332 g/mol. The molecular formula is C16H22N2O3S2. The number of amides is 1. The van der Waals surface area contributed by atoms with Crippen molar-refractivity contribution < 1.29 is 13.2 Å². The summed E-state index contributed by atoms with van der Waals surface area (Å²) in [6, 6.07) is 5.08. The minimum Gasteiger partial charge on any atom is -0.325 e. The number of hydrogen-bond acceptors (Lipinski definition) is 4. The van der Waals surface area contributed by atoms with Crippen molar-refractivity contribution in [2.75, 3.05) is 24.2 Å². The highest BCUT2D eigenvalue weighted by Crippen LogP contribution is 2.35. The van der Waals surface area contributed by atoms with Crippen LogP contribution in [0.3, 0.4) is 0 Å². The minimum absolute atomic E-state index is 0.0550. The first kappa shape index (κ1) is 16.8. The third kappa shape index (κ3) is 3.56. The van der Waals surface area contributed by atoms with E-state index in [2.05, 4.69) is 5.32 Å². The highest BCUT2D eigenvalue weighted by molar-refractivity contribution is 7.99. The molecule has 0 radical (unpaired) electrons. The zero-order valence-corrected chi connectivity index (χ0v) is 14.9. The van der Waals surface area contributed by atoms with Crippen LogP contribution in [0.25, 0.3) is 0 Å². The summed E-state index contributed by atoms with van der Waals surface area (Å²) in [7, 11) is -3.49. The lowest BCUT2D eigenvalue weighted by Gasteiger charge is -2.20. The van der Waals surface area contributed by atoms with Crippen LogP contribution in [-0.4, -0.2) is 37.5 Å². The van der Waals surface area contributed by atoms with Crippen LogP contribution in [0.5, 0.6) is 0 Å². The summed E-state index contributed by atoms with van der Waals surface area (Å²) in [6.45, 7) is 3.04. The Morgan fingerprint density at radius 1 is 1.17 bits per heavy atom. The fraction of sp³-hybridized carbons (Fsp3) is 0.562. The van der Waals surface area contributed by atoms with Gasteiger partial charge in [0.1, 0.15) is 0 Å². The topological polar surface area (TPSA) is 66.5 Å². The van der Waals surface area contributed by atoms with Gasteiger partial charge in [-0.3, -0.25) is 4.79 Å². The molecule has 1 saturated heterocycles. The number of benzene rings is 1. The maximum atomic E-state index is 12.9. The third-order valence-corrected chi connectivity index (χ3v) is 7.58. The molecule has 0 aliphatic carbocycles. The van der Waals surface area contributed by atoms with Crippen molar-refractivity contribution >= 4 is 33.4 Å². The van der Waals surface area contributed by atoms with Gasteiger partial charge in [0.25, 0.3) is 0 Å². The maximum absolute atomic E-state index is 12.9. The maximum Gasteiger partial charge on any atom is 0.243 e. The summed E-state index contributed by atoms with van der Waals surface area (Å²) in [6.07, 6.45) is 3.99. The molecule has 23 heavy (non-hydrogen) atoms. The van der Waals surface area contributed by atoms with E-state index in [1.807, 2.05) is 13.0 Å². The molecule has 5 nitrogen and oxygen atoms in total. The molecule has 2 aliphatic heterocycles. The van der Waals surface area contributed by atoms with Gasteiger partial charge in [0.15, 0.2) is 0 Å². The van der Waals surface area contributed by atoms with Crippen molar-refractivity contribution in [3.8, 4) is 0 Å². The number of rotatable bonds is 2. The number of nitrogens with zero attached hydrogens (tertiary/aromatic N) is 1. The van der Waals surface area contributed by atoms with Gasteiger partial charge in [0, 0.05) is 29.7 Å². The van der Waals surface area contributed by atoms with Crippen LogP contribution in [0.2, 0.25) is 0 Å². The van der Waals surface area contributed by atoms with Crippen molar-refractivity contribution in [1.29, 1.82) is 0 Å². The van der Waals surface area contributed by atoms with E-state index in [-0.39, 0.29) is 16.7 Å². The zero-order valence-electron chi connectivity index (χ0n) is 13.2. The lowest BCUT2D eigenvalue weighted by atomic mass is 10.2. The lowest BCUT2D eigenvalue weighted by Crippen LogP contribution is -2.32. The molecule has 1 atom stereocenters. The van der Waals surface area contributed by atoms with Crippen molar-refractivity contribution in [1.82, 2.24) is 4.31 Å². The van der Waals surface area contributed by atoms with Gasteiger partial charge in [-0.05, 0) is 31.0 Å². The molecule has 0 bridgehead atoms. The molecule has 0 unspecified atom stereocenters. The van der Waals surface area contributed by atoms with E-state index in [0.717, 1.165) is 30.6 Å². The molecule has 1 aromatic carbocycles. The normalized spacial score (nSPS) is 23.5. The number of sulfonamides is 1. The summed E-state index contributed by atoms with van der Waals surface area (Å²) in [5, 5.41) is 2.86. The number of anilines is 1. The molecule has 0 spiro atoms. The monoisotopic (exact) mass is 354 g/mol. The van der Waals surface area contributed by atoms with E-state index in [9.17, 15) is 13.2 Å². The Balaban J connectivity index is 1.91. The molecule has 1 N–H and O–H groups in total. The second-order valence-electron chi connectivity index (χ2n) is 6.18. The van der Waals surface area contributed by atoms with Crippen LogP contribution in [0.1, 0.15) is 32.6 Å². The second kappa shape index (κ2) is 6.83. The van der Waals surface area contributed by atoms with Gasteiger partial charge in [-0.2, -0.15) is 4.31 Å². The summed E-state index contributed by atoms with van der Waals surface area (Å²) in [5.74, 6) is 0.565. The van der Waals surface area contributed by atoms with Crippen molar-refractivity contribution in [3.05, 3.63) is 18.2 Å². The average molecular weight is 354 g/mol. The first-order valence-corrected chi connectivity index (χ1v) is 10.5. The molecule has 2 aliphatic rings. The van der Waals surface area contributed by atoms with E-state index in [0.29, 0.717) is 24.5 Å². The van der Waals surface area contributed by atoms with Crippen LogP contribution < -0.4 is 5.32 Å². The van der Waals surface area contributed by atoms with Gasteiger partial charge in [-0.1, -0.05) is 19.8 Å². The standard InChI is InChI=1S/C16H22N2O3S2/c1-12-11-22-15-7-6-13(10-14(15)17-16(12)19)23(20,21)18-8-4-2-3-5-9-18/h6-7,10,12H,2-5,8-9,11H2,1H3,(H,17,19)/t12-/m0/s1. The predicted octanol–water partition coefficient (Wildman–Crippen LogP) is 2.93. The number of carbonyl (C=O) groups is 1. The van der Waals surface area contributed by atoms with Gasteiger partial charge in [0.05, 0.1) is 10.6 Å². The molecule has 126 valence electrons. The highest BCUT2D eigenvalue weighted by atomic mass is 32.2. The van der Waals surface area contributed by atoms with E-state index in [1.54, 1.807) is 28.2 Å². The summed E-state index contributed by atoms with van der Waals surface area (Å²) >= 11 is 1.59. The molecule has 3 rings (SSSR count). The quantitative estimate of drug-likeness (QED) is 0.887. The van der Waals surface area contributed by atoms with Crippen molar-refractivity contribution in [2.45, 2.75) is 42.4 Å². The molecule has 1 aromatic rings. The van der Waals surface area contributed by atoms with Gasteiger partial charge in [-0.25, -0.2) is 8.42 Å². The van der Waals surface area contributed by atoms with Crippen LogP contribution in [0.4, 0.5) is 5.69 Å². The number of carbonyl (C=O) groups excluding carboxylic acids is 1. The molecule has 0 aromatic heterocycles. The van der Waals surface area contributed by atoms with Gasteiger partial charge in [-0.15, -0.1) is 11.8 Å². The van der Waals surface area contributed by atoms with Gasteiger partial charge in [0.2, 0.25) is 15.9 Å². The lowest BCUT2D eigenvalue weighted by molar-refractivity contribution is -0.118. The minimum atomic E-state index is -3.49. The Kier molecular flexibility index (Phi) is 4.98. The number of nitrogens with one attached hydrogen (secondary N) is 1. The summed E-state index contributed by atoms with van der Waals surface area (Å²) in [4.78, 5) is 13.2. The number of thioether (sulfide) groups is 1. The van der Waals surface area contributed by atoms with Crippen LogP contribution in [0.15, 0.2) is 28.0 Å². The van der Waals surface area contributed by atoms with Crippen LogP contribution in [0, 0.1) is 5.92 Å². The van der Waals surface area contributed by atoms with Crippen molar-refractivity contribution in [3.63, 3.8) is 0 Å². The Morgan fingerprint density at radius 3 is 2.57 bits per heavy atom. The fourth-order valence-corrected chi connectivity index (χ4v) is 5.43. The SMILES string of the molecule is C[C@H]1CSc2ccc(S(=O)(=O)N3CCCCCC3)cc2NC1=O. The first-order chi connectivity index (χ1) is 11.0. The second-order valence-corrected chi connectivity index (χ2v) is 9.18. The Hall–Kier alpha value is -1.05. The van der Waals surface area contributed by atoms with E-state index < -0.39 is 10.0 Å². The summed E-state index contributed by atoms with van der Waals surface area (Å²) in [5.41, 5.74) is 0.611. The Bertz CT molecular complexity index is 695. The van der Waals surface area contributed by atoms with E-state index in [4.69, 9.17) is 0 Å². The van der Waals surface area contributed by atoms with E-state index >= 15 is 0 Å². The first-order valence-electron chi connectivity index (χ1n) is 8.06. The number of hydrogen-bond donors (Lipinski definition) is 1. The Morgan fingerprint density at radius 2 is 1.87 bits per heavy atom.